The van der Waals surface area contributed by atoms with Gasteiger partial charge in [-0.3, -0.25) is 4.79 Å². The second kappa shape index (κ2) is 6.45. The third kappa shape index (κ3) is 3.43. The fourth-order valence-corrected chi connectivity index (χ4v) is 1.94. The number of nitrogens with zero attached hydrogens (tertiary/aromatic N) is 1. The zero-order valence-corrected chi connectivity index (χ0v) is 11.3. The highest BCUT2D eigenvalue weighted by Crippen LogP contribution is 2.18. The summed E-state index contributed by atoms with van der Waals surface area (Å²) in [5.41, 5.74) is 1.53. The Hall–Kier alpha value is -3.28. The van der Waals surface area contributed by atoms with Gasteiger partial charge in [-0.15, -0.1) is 0 Å². The lowest BCUT2D eigenvalue weighted by atomic mass is 10.0. The number of fused-ring (bicyclic) bond motifs is 2. The minimum absolute atomic E-state index is 0.0520. The molecular formula is C16H11NO5. The average Bonchev–Trinajstić information content (AvgIpc) is 2.85. The lowest BCUT2D eigenvalue weighted by Gasteiger charge is -2.02. The van der Waals surface area contributed by atoms with Gasteiger partial charge in [-0.1, -0.05) is 24.3 Å². The number of carbonyl (C=O) groups is 3. The van der Waals surface area contributed by atoms with Gasteiger partial charge in [0.1, 0.15) is 0 Å². The second-order valence-electron chi connectivity index (χ2n) is 4.29. The summed E-state index contributed by atoms with van der Waals surface area (Å²) < 4.78 is 0. The predicted molar refractivity (Wildman–Crippen MR) is 77.3 cm³/mol. The molecule has 2 aliphatic rings. The summed E-state index contributed by atoms with van der Waals surface area (Å²) in [4.78, 5) is 35.1. The molecule has 0 atom stereocenters. The first-order chi connectivity index (χ1) is 10.5. The molecule has 0 aromatic heterocycles. The van der Waals surface area contributed by atoms with Crippen LogP contribution in [0.5, 0.6) is 0 Å². The number of rotatable bonds is 2. The zero-order chi connectivity index (χ0) is 16.1. The Morgan fingerprint density at radius 1 is 1.05 bits per heavy atom. The van der Waals surface area contributed by atoms with E-state index in [4.69, 9.17) is 10.2 Å². The Kier molecular flexibility index (Phi) is 4.43. The molecule has 0 saturated carbocycles. The van der Waals surface area contributed by atoms with Gasteiger partial charge >= 0.3 is 11.9 Å². The molecule has 6 nitrogen and oxygen atoms in total. The summed E-state index contributed by atoms with van der Waals surface area (Å²) in [6.07, 6.45) is 6.31. The van der Waals surface area contributed by atoms with Crippen molar-refractivity contribution in [1.82, 2.24) is 0 Å². The summed E-state index contributed by atoms with van der Waals surface area (Å²) in [5, 5.41) is 17.5. The van der Waals surface area contributed by atoms with Crippen molar-refractivity contribution in [1.29, 1.82) is 0 Å². The second-order valence-corrected chi connectivity index (χ2v) is 4.29. The van der Waals surface area contributed by atoms with Crippen LogP contribution in [0, 0.1) is 0 Å². The predicted octanol–water partition coefficient (Wildman–Crippen LogP) is 0.205. The molecular weight excluding hydrogens is 286 g/mol. The lowest BCUT2D eigenvalue weighted by Crippen LogP contribution is -2.24. The molecule has 1 aromatic carbocycles. The molecule has 0 unspecified atom stereocenters. The topological polar surface area (TPSA) is 104 Å². The molecule has 1 aromatic rings. The Morgan fingerprint density at radius 3 is 2.32 bits per heavy atom. The van der Waals surface area contributed by atoms with E-state index < -0.39 is 11.9 Å². The van der Waals surface area contributed by atoms with Crippen LogP contribution in [-0.4, -0.2) is 27.9 Å². The average molecular weight is 297 g/mol. The largest absolute Gasteiger partial charge is 0.478 e. The van der Waals surface area contributed by atoms with Gasteiger partial charge in [0, 0.05) is 17.4 Å². The van der Waals surface area contributed by atoms with E-state index in [2.05, 4.69) is 4.99 Å². The van der Waals surface area contributed by atoms with Crippen LogP contribution >= 0.6 is 0 Å². The molecule has 3 rings (SSSR count). The number of carbonyl (C=O) groups excluding carboxylic acids is 1. The molecule has 0 saturated heterocycles. The standard InChI is InChI=1S/C12H7NO.C4H4O4/c14-11-7-3-6-10-12(11)8-4-1-2-5-9(8)13-10;5-3(6)1-2-4(7)8/h1-7H;1-2H,(H,5,6)(H,7,8)/b;2-1-. The third-order valence-electron chi connectivity index (χ3n) is 2.79. The number of allylic oxidation sites excluding steroid dienone is 4. The van der Waals surface area contributed by atoms with E-state index in [1.165, 1.54) is 0 Å². The molecule has 0 spiro atoms. The monoisotopic (exact) mass is 297 g/mol. The highest BCUT2D eigenvalue weighted by Gasteiger charge is 2.19. The van der Waals surface area contributed by atoms with E-state index in [9.17, 15) is 14.4 Å². The Morgan fingerprint density at radius 2 is 1.68 bits per heavy atom. The number of hydrogen-bond donors (Lipinski definition) is 2. The third-order valence-corrected chi connectivity index (χ3v) is 2.79. The van der Waals surface area contributed by atoms with Gasteiger partial charge in [0.15, 0.2) is 5.78 Å². The zero-order valence-electron chi connectivity index (χ0n) is 11.3. The molecule has 1 aliphatic heterocycles. The number of para-hydroxylation sites is 1. The number of benzene rings is 1. The molecule has 2 N–H and O–H groups in total. The first kappa shape index (κ1) is 15.1. The van der Waals surface area contributed by atoms with Crippen LogP contribution in [0.4, 0.5) is 0 Å². The number of carboxylic acid groups (broad SMARTS) is 2. The maximum Gasteiger partial charge on any atom is 0.328 e. The highest BCUT2D eigenvalue weighted by atomic mass is 16.4. The van der Waals surface area contributed by atoms with Gasteiger partial charge in [-0.05, 0) is 18.2 Å². The molecule has 1 heterocycles. The van der Waals surface area contributed by atoms with Crippen molar-refractivity contribution in [3.63, 3.8) is 0 Å². The van der Waals surface area contributed by atoms with E-state index in [1.54, 1.807) is 12.2 Å². The van der Waals surface area contributed by atoms with Crippen LogP contribution in [0.3, 0.4) is 0 Å². The van der Waals surface area contributed by atoms with Crippen molar-refractivity contribution < 1.29 is 24.6 Å². The van der Waals surface area contributed by atoms with E-state index in [0.29, 0.717) is 12.2 Å². The Labute approximate surface area is 124 Å². The van der Waals surface area contributed by atoms with Crippen LogP contribution < -0.4 is 10.6 Å². The van der Waals surface area contributed by atoms with Crippen LogP contribution in [0.25, 0.3) is 5.57 Å². The molecule has 0 bridgehead atoms. The van der Waals surface area contributed by atoms with Gasteiger partial charge in [-0.25, -0.2) is 14.6 Å². The molecule has 0 fully saturated rings. The summed E-state index contributed by atoms with van der Waals surface area (Å²) in [6.45, 7) is 0. The lowest BCUT2D eigenvalue weighted by molar-refractivity contribution is -0.134. The minimum atomic E-state index is -1.26. The van der Waals surface area contributed by atoms with Gasteiger partial charge in [0.25, 0.3) is 0 Å². The molecule has 0 radical (unpaired) electrons. The summed E-state index contributed by atoms with van der Waals surface area (Å²) in [7, 11) is 0. The maximum atomic E-state index is 11.6. The molecule has 1 aliphatic carbocycles. The number of aliphatic carboxylic acids is 2. The van der Waals surface area contributed by atoms with Crippen molar-refractivity contribution >= 4 is 23.3 Å². The van der Waals surface area contributed by atoms with Crippen LogP contribution in [-0.2, 0) is 14.4 Å². The fourth-order valence-electron chi connectivity index (χ4n) is 1.94. The van der Waals surface area contributed by atoms with Crippen LogP contribution in [0.15, 0.2) is 65.3 Å². The first-order valence-electron chi connectivity index (χ1n) is 6.24. The SMILES string of the molecule is O=C(O)/C=C\C(=O)O.O=C1C=CC=C2N=c3ccccc3=C12. The van der Waals surface area contributed by atoms with Gasteiger partial charge in [-0.2, -0.15) is 0 Å². The number of ketones is 1. The normalized spacial score (nSPS) is 14.5. The summed E-state index contributed by atoms with van der Waals surface area (Å²) >= 11 is 0. The van der Waals surface area contributed by atoms with Gasteiger partial charge in [0.2, 0.25) is 0 Å². The Balaban J connectivity index is 0.000000192. The first-order valence-corrected chi connectivity index (χ1v) is 6.24. The summed E-state index contributed by atoms with van der Waals surface area (Å²) in [5.74, 6) is -2.46. The van der Waals surface area contributed by atoms with E-state index in [-0.39, 0.29) is 5.78 Å². The number of carboxylic acids is 2. The van der Waals surface area contributed by atoms with Gasteiger partial charge in [0.05, 0.1) is 16.6 Å². The highest BCUT2D eigenvalue weighted by molar-refractivity contribution is 6.27. The van der Waals surface area contributed by atoms with E-state index >= 15 is 0 Å². The molecule has 0 amide bonds. The molecule has 6 heteroatoms. The van der Waals surface area contributed by atoms with Crippen LogP contribution in [0.1, 0.15) is 0 Å². The van der Waals surface area contributed by atoms with Crippen LogP contribution in [0.2, 0.25) is 0 Å². The minimum Gasteiger partial charge on any atom is -0.478 e. The van der Waals surface area contributed by atoms with E-state index in [1.807, 2.05) is 30.3 Å². The molecule has 110 valence electrons. The summed E-state index contributed by atoms with van der Waals surface area (Å²) in [6, 6.07) is 7.72. The fraction of sp³-hybridized carbons (Fsp3) is 0. The maximum absolute atomic E-state index is 11.6. The van der Waals surface area contributed by atoms with Crippen molar-refractivity contribution in [3.8, 4) is 0 Å². The molecule has 22 heavy (non-hydrogen) atoms. The quantitative estimate of drug-likeness (QED) is 0.759. The smallest absolute Gasteiger partial charge is 0.328 e. The van der Waals surface area contributed by atoms with E-state index in [0.717, 1.165) is 21.8 Å². The van der Waals surface area contributed by atoms with Gasteiger partial charge < -0.3 is 10.2 Å². The van der Waals surface area contributed by atoms with Crippen molar-refractivity contribution in [2.45, 2.75) is 0 Å². The number of hydrogen-bond acceptors (Lipinski definition) is 4. The van der Waals surface area contributed by atoms with Crippen molar-refractivity contribution in [2.24, 2.45) is 4.99 Å². The van der Waals surface area contributed by atoms with Crippen molar-refractivity contribution in [3.05, 3.63) is 70.9 Å². The van der Waals surface area contributed by atoms with Crippen molar-refractivity contribution in [2.75, 3.05) is 0 Å². The Bertz CT molecular complexity index is 843.